The Hall–Kier alpha value is -2.40. The van der Waals surface area contributed by atoms with Crippen LogP contribution in [0.1, 0.15) is 23.0 Å². The van der Waals surface area contributed by atoms with Crippen LogP contribution in [-0.4, -0.2) is 16.9 Å². The van der Waals surface area contributed by atoms with Gasteiger partial charge in [0.15, 0.2) is 0 Å². The summed E-state index contributed by atoms with van der Waals surface area (Å²) in [6, 6.07) is 13.4. The number of benzene rings is 1. The van der Waals surface area contributed by atoms with Gasteiger partial charge >= 0.3 is 0 Å². The quantitative estimate of drug-likeness (QED) is 0.571. The number of carbonyl (C=O) groups is 1. The third-order valence-electron chi connectivity index (χ3n) is 2.92. The molecule has 1 aromatic heterocycles. The molecule has 0 saturated carbocycles. The zero-order valence-electron chi connectivity index (χ0n) is 11.3. The van der Waals surface area contributed by atoms with Crippen LogP contribution in [0.5, 0.6) is 0 Å². The van der Waals surface area contributed by atoms with Gasteiger partial charge in [-0.3, -0.25) is 15.6 Å². The molecule has 0 aliphatic rings. The molecule has 1 amide bonds. The Balaban J connectivity index is 1.96. The highest BCUT2D eigenvalue weighted by atomic mass is 16.1. The van der Waals surface area contributed by atoms with Crippen molar-refractivity contribution in [3.05, 3.63) is 59.9 Å². The van der Waals surface area contributed by atoms with E-state index in [1.54, 1.807) is 18.3 Å². The number of hydrazine groups is 1. The topological polar surface area (TPSA) is 80.0 Å². The van der Waals surface area contributed by atoms with Crippen molar-refractivity contribution in [1.82, 2.24) is 10.3 Å². The molecule has 2 rings (SSSR count). The molecule has 0 radical (unpaired) electrons. The molecule has 0 saturated heterocycles. The number of nitrogens with one attached hydrogen (secondary N) is 2. The number of nitrogens with zero attached hydrogens (tertiary/aromatic N) is 1. The molecule has 1 aromatic carbocycles. The lowest BCUT2D eigenvalue weighted by Gasteiger charge is -2.14. The van der Waals surface area contributed by atoms with Gasteiger partial charge in [-0.15, -0.1) is 0 Å². The lowest BCUT2D eigenvalue weighted by atomic mass is 10.1. The first-order valence-electron chi connectivity index (χ1n) is 6.46. The van der Waals surface area contributed by atoms with Gasteiger partial charge in [-0.1, -0.05) is 30.3 Å². The highest BCUT2D eigenvalue weighted by molar-refractivity contribution is 5.93. The van der Waals surface area contributed by atoms with Crippen molar-refractivity contribution in [3.8, 4) is 0 Å². The van der Waals surface area contributed by atoms with Crippen molar-refractivity contribution in [1.29, 1.82) is 0 Å². The van der Waals surface area contributed by atoms with E-state index in [4.69, 9.17) is 5.84 Å². The fourth-order valence-corrected chi connectivity index (χ4v) is 1.96. The zero-order chi connectivity index (χ0) is 14.4. The fourth-order valence-electron chi connectivity index (χ4n) is 1.96. The van der Waals surface area contributed by atoms with Crippen molar-refractivity contribution >= 4 is 11.6 Å². The molecular weight excluding hydrogens is 252 g/mol. The van der Waals surface area contributed by atoms with Crippen LogP contribution in [0.4, 0.5) is 5.69 Å². The standard InChI is InChI=1S/C15H18N4O/c1-11(9-12-5-3-2-4-6-12)18-15(20)14-10-13(19-16)7-8-17-14/h2-8,10-11H,9,16H2,1H3,(H,17,19)(H,18,20). The molecule has 0 spiro atoms. The van der Waals surface area contributed by atoms with Crippen LogP contribution >= 0.6 is 0 Å². The lowest BCUT2D eigenvalue weighted by molar-refractivity contribution is 0.0935. The minimum absolute atomic E-state index is 0.0289. The molecular formula is C15H18N4O. The van der Waals surface area contributed by atoms with E-state index in [0.29, 0.717) is 11.4 Å². The minimum Gasteiger partial charge on any atom is -0.348 e. The Bertz CT molecular complexity index is 571. The Morgan fingerprint density at radius 2 is 2.05 bits per heavy atom. The summed E-state index contributed by atoms with van der Waals surface area (Å²) in [5.74, 6) is 5.11. The van der Waals surface area contributed by atoms with Gasteiger partial charge in [-0.25, -0.2) is 0 Å². The van der Waals surface area contributed by atoms with Gasteiger partial charge in [0.25, 0.3) is 5.91 Å². The average Bonchev–Trinajstić information content (AvgIpc) is 2.48. The largest absolute Gasteiger partial charge is 0.348 e. The van der Waals surface area contributed by atoms with Crippen molar-refractivity contribution in [2.45, 2.75) is 19.4 Å². The highest BCUT2D eigenvalue weighted by Crippen LogP contribution is 2.07. The van der Waals surface area contributed by atoms with E-state index in [1.807, 2.05) is 37.3 Å². The van der Waals surface area contributed by atoms with Crippen LogP contribution < -0.4 is 16.6 Å². The molecule has 20 heavy (non-hydrogen) atoms. The van der Waals surface area contributed by atoms with Crippen LogP contribution in [0.3, 0.4) is 0 Å². The van der Waals surface area contributed by atoms with Crippen LogP contribution in [0.15, 0.2) is 48.7 Å². The van der Waals surface area contributed by atoms with E-state index in [-0.39, 0.29) is 11.9 Å². The van der Waals surface area contributed by atoms with Crippen LogP contribution in [0.2, 0.25) is 0 Å². The van der Waals surface area contributed by atoms with Crippen molar-refractivity contribution in [2.75, 3.05) is 5.43 Å². The number of pyridine rings is 1. The third-order valence-corrected chi connectivity index (χ3v) is 2.92. The predicted molar refractivity (Wildman–Crippen MR) is 79.1 cm³/mol. The second-order valence-corrected chi connectivity index (χ2v) is 4.64. The third kappa shape index (κ3) is 3.80. The maximum atomic E-state index is 12.1. The van der Waals surface area contributed by atoms with Crippen LogP contribution in [0, 0.1) is 0 Å². The number of nitrogens with two attached hydrogens (primary N) is 1. The van der Waals surface area contributed by atoms with E-state index < -0.39 is 0 Å². The summed E-state index contributed by atoms with van der Waals surface area (Å²) in [7, 11) is 0. The number of aromatic nitrogens is 1. The molecule has 5 nitrogen and oxygen atoms in total. The molecule has 0 bridgehead atoms. The van der Waals surface area contributed by atoms with Crippen molar-refractivity contribution in [2.24, 2.45) is 5.84 Å². The monoisotopic (exact) mass is 270 g/mol. The van der Waals surface area contributed by atoms with Crippen LogP contribution in [0.25, 0.3) is 0 Å². The molecule has 5 heteroatoms. The SMILES string of the molecule is CC(Cc1ccccc1)NC(=O)c1cc(NN)ccn1. The summed E-state index contributed by atoms with van der Waals surface area (Å²) in [4.78, 5) is 16.1. The van der Waals surface area contributed by atoms with Crippen molar-refractivity contribution < 1.29 is 4.79 Å². The number of carbonyl (C=O) groups excluding carboxylic acids is 1. The summed E-state index contributed by atoms with van der Waals surface area (Å²) in [6.07, 6.45) is 2.33. The molecule has 104 valence electrons. The molecule has 0 aliphatic heterocycles. The number of rotatable bonds is 5. The second-order valence-electron chi connectivity index (χ2n) is 4.64. The lowest BCUT2D eigenvalue weighted by Crippen LogP contribution is -2.34. The number of hydrogen-bond donors (Lipinski definition) is 3. The van der Waals surface area contributed by atoms with Crippen LogP contribution in [-0.2, 0) is 6.42 Å². The van der Waals surface area contributed by atoms with Gasteiger partial charge in [0.05, 0.1) is 5.69 Å². The van der Waals surface area contributed by atoms with E-state index in [0.717, 1.165) is 6.42 Å². The Kier molecular flexibility index (Phi) is 4.68. The maximum Gasteiger partial charge on any atom is 0.270 e. The van der Waals surface area contributed by atoms with Gasteiger partial charge in [-0.05, 0) is 31.0 Å². The molecule has 1 atom stereocenters. The zero-order valence-corrected chi connectivity index (χ0v) is 11.3. The summed E-state index contributed by atoms with van der Waals surface area (Å²) in [6.45, 7) is 1.97. The first-order chi connectivity index (χ1) is 9.69. The molecule has 0 aliphatic carbocycles. The van der Waals surface area contributed by atoms with Gasteiger partial charge in [0.1, 0.15) is 5.69 Å². The normalized spacial score (nSPS) is 11.7. The smallest absolute Gasteiger partial charge is 0.270 e. The Morgan fingerprint density at radius 1 is 1.30 bits per heavy atom. The predicted octanol–water partition coefficient (Wildman–Crippen LogP) is 1.73. The summed E-state index contributed by atoms with van der Waals surface area (Å²) in [5.41, 5.74) is 4.68. The fraction of sp³-hybridized carbons (Fsp3) is 0.200. The average molecular weight is 270 g/mol. The van der Waals surface area contributed by atoms with E-state index in [2.05, 4.69) is 15.7 Å². The van der Waals surface area contributed by atoms with E-state index in [1.165, 1.54) is 5.56 Å². The Labute approximate surface area is 118 Å². The van der Waals surface area contributed by atoms with Gasteiger partial charge in [0, 0.05) is 12.2 Å². The van der Waals surface area contributed by atoms with Gasteiger partial charge in [-0.2, -0.15) is 0 Å². The molecule has 1 unspecified atom stereocenters. The van der Waals surface area contributed by atoms with Gasteiger partial charge in [0.2, 0.25) is 0 Å². The van der Waals surface area contributed by atoms with E-state index in [9.17, 15) is 4.79 Å². The second kappa shape index (κ2) is 6.68. The molecule has 2 aromatic rings. The molecule has 4 N–H and O–H groups in total. The number of hydrogen-bond acceptors (Lipinski definition) is 4. The summed E-state index contributed by atoms with van der Waals surface area (Å²) >= 11 is 0. The number of nitrogen functional groups attached to an aromatic ring is 1. The van der Waals surface area contributed by atoms with Gasteiger partial charge < -0.3 is 10.7 Å². The maximum absolute atomic E-state index is 12.1. The Morgan fingerprint density at radius 3 is 2.75 bits per heavy atom. The molecule has 0 fully saturated rings. The van der Waals surface area contributed by atoms with E-state index >= 15 is 0 Å². The van der Waals surface area contributed by atoms with Crippen molar-refractivity contribution in [3.63, 3.8) is 0 Å². The molecule has 1 heterocycles. The number of amides is 1. The first-order valence-corrected chi connectivity index (χ1v) is 6.46. The summed E-state index contributed by atoms with van der Waals surface area (Å²) < 4.78 is 0. The summed E-state index contributed by atoms with van der Waals surface area (Å²) in [5, 5.41) is 2.93. The number of anilines is 1. The minimum atomic E-state index is -0.203. The first kappa shape index (κ1) is 14.0. The highest BCUT2D eigenvalue weighted by Gasteiger charge is 2.11.